The Morgan fingerprint density at radius 3 is 2.95 bits per heavy atom. The van der Waals surface area contributed by atoms with E-state index in [1.165, 1.54) is 12.1 Å². The number of benzene rings is 1. The van der Waals surface area contributed by atoms with Gasteiger partial charge in [-0.3, -0.25) is 10.1 Å². The van der Waals surface area contributed by atoms with Crippen LogP contribution >= 0.6 is 0 Å². The van der Waals surface area contributed by atoms with Crippen LogP contribution in [0.15, 0.2) is 22.7 Å². The summed E-state index contributed by atoms with van der Waals surface area (Å²) >= 11 is 0. The molecule has 1 aromatic heterocycles. The van der Waals surface area contributed by atoms with Crippen molar-refractivity contribution in [2.45, 2.75) is 13.0 Å². The maximum Gasteiger partial charge on any atom is 0.270 e. The van der Waals surface area contributed by atoms with Crippen molar-refractivity contribution in [3.05, 3.63) is 39.8 Å². The van der Waals surface area contributed by atoms with Crippen LogP contribution in [0.25, 0.3) is 11.4 Å². The van der Waals surface area contributed by atoms with Gasteiger partial charge in [0.1, 0.15) is 6.10 Å². The highest BCUT2D eigenvalue weighted by atomic mass is 16.6. The van der Waals surface area contributed by atoms with E-state index in [0.29, 0.717) is 5.56 Å². The third-order valence-corrected chi connectivity index (χ3v) is 2.62. The van der Waals surface area contributed by atoms with Crippen LogP contribution in [0.1, 0.15) is 17.6 Å². The van der Waals surface area contributed by atoms with Crippen LogP contribution in [-0.4, -0.2) is 26.7 Å². The molecule has 0 radical (unpaired) electrons. The van der Waals surface area contributed by atoms with E-state index in [1.807, 2.05) is 0 Å². The highest BCUT2D eigenvalue weighted by Crippen LogP contribution is 2.26. The van der Waals surface area contributed by atoms with Crippen LogP contribution in [0.5, 0.6) is 0 Å². The third kappa shape index (κ3) is 2.59. The highest BCUT2D eigenvalue weighted by molar-refractivity contribution is 5.63. The maximum absolute atomic E-state index is 10.7. The number of aliphatic hydroxyl groups is 1. The molecule has 1 atom stereocenters. The third-order valence-electron chi connectivity index (χ3n) is 2.62. The molecule has 0 spiro atoms. The Bertz CT molecular complexity index is 610. The molecule has 3 N–H and O–H groups in total. The van der Waals surface area contributed by atoms with Crippen molar-refractivity contribution in [2.24, 2.45) is 5.73 Å². The molecule has 8 heteroatoms. The maximum atomic E-state index is 10.7. The number of aromatic nitrogens is 2. The van der Waals surface area contributed by atoms with Crippen molar-refractivity contribution in [2.75, 3.05) is 6.54 Å². The van der Waals surface area contributed by atoms with Crippen LogP contribution in [0.3, 0.4) is 0 Å². The highest BCUT2D eigenvalue weighted by Gasteiger charge is 2.18. The number of rotatable bonds is 4. The van der Waals surface area contributed by atoms with Crippen molar-refractivity contribution in [1.82, 2.24) is 10.1 Å². The molecule has 19 heavy (non-hydrogen) atoms. The summed E-state index contributed by atoms with van der Waals surface area (Å²) < 4.78 is 4.87. The molecule has 100 valence electrons. The smallest absolute Gasteiger partial charge is 0.270 e. The van der Waals surface area contributed by atoms with Gasteiger partial charge in [-0.25, -0.2) is 0 Å². The number of nitrogens with zero attached hydrogens (tertiary/aromatic N) is 3. The Morgan fingerprint density at radius 2 is 2.32 bits per heavy atom. The molecule has 0 aliphatic carbocycles. The van der Waals surface area contributed by atoms with Gasteiger partial charge in [-0.05, 0) is 12.5 Å². The number of hydrogen-bond acceptors (Lipinski definition) is 7. The summed E-state index contributed by atoms with van der Waals surface area (Å²) in [7, 11) is 0. The fraction of sp³-hybridized carbons (Fsp3) is 0.273. The van der Waals surface area contributed by atoms with Gasteiger partial charge in [-0.2, -0.15) is 4.98 Å². The molecule has 8 nitrogen and oxygen atoms in total. The first-order valence-corrected chi connectivity index (χ1v) is 5.50. The Balaban J connectivity index is 2.43. The van der Waals surface area contributed by atoms with Crippen LogP contribution in [0, 0.1) is 17.0 Å². The standard InChI is InChI=1S/C11H12N4O4/c1-6-2-3-7(15(17)18)4-8(6)10-13-11(19-14-10)9(16)5-12/h2-4,9,16H,5,12H2,1H3. The summed E-state index contributed by atoms with van der Waals surface area (Å²) in [6, 6.07) is 4.36. The van der Waals surface area contributed by atoms with Gasteiger partial charge in [-0.15, -0.1) is 0 Å². The van der Waals surface area contributed by atoms with Crippen LogP contribution in [-0.2, 0) is 0 Å². The number of nitrogens with two attached hydrogens (primary N) is 1. The molecule has 0 aliphatic heterocycles. The van der Waals surface area contributed by atoms with Crippen molar-refractivity contribution in [1.29, 1.82) is 0 Å². The molecule has 0 aliphatic rings. The average Bonchev–Trinajstić information content (AvgIpc) is 2.87. The van der Waals surface area contributed by atoms with Crippen LogP contribution < -0.4 is 5.73 Å². The Labute approximate surface area is 108 Å². The Hall–Kier alpha value is -2.32. The second-order valence-corrected chi connectivity index (χ2v) is 3.96. The van der Waals surface area contributed by atoms with Gasteiger partial charge in [0.2, 0.25) is 5.82 Å². The van der Waals surface area contributed by atoms with E-state index in [-0.39, 0.29) is 23.9 Å². The number of nitro groups is 1. The number of nitro benzene ring substituents is 1. The average molecular weight is 264 g/mol. The van der Waals surface area contributed by atoms with E-state index in [4.69, 9.17) is 10.3 Å². The van der Waals surface area contributed by atoms with Crippen LogP contribution in [0.2, 0.25) is 0 Å². The largest absolute Gasteiger partial charge is 0.382 e. The molecule has 1 heterocycles. The molecule has 0 saturated carbocycles. The van der Waals surface area contributed by atoms with Gasteiger partial charge in [0.15, 0.2) is 0 Å². The van der Waals surface area contributed by atoms with Crippen molar-refractivity contribution in [3.8, 4) is 11.4 Å². The zero-order valence-electron chi connectivity index (χ0n) is 10.1. The lowest BCUT2D eigenvalue weighted by atomic mass is 10.1. The second-order valence-electron chi connectivity index (χ2n) is 3.96. The molecule has 0 amide bonds. The number of aliphatic hydroxyl groups excluding tert-OH is 1. The summed E-state index contributed by atoms with van der Waals surface area (Å²) in [5, 5.41) is 23.9. The van der Waals surface area contributed by atoms with E-state index >= 15 is 0 Å². The van der Waals surface area contributed by atoms with Crippen LogP contribution in [0.4, 0.5) is 5.69 Å². The quantitative estimate of drug-likeness (QED) is 0.621. The predicted molar refractivity (Wildman–Crippen MR) is 65.1 cm³/mol. The summed E-state index contributed by atoms with van der Waals surface area (Å²) in [6.07, 6.45) is -1.04. The number of hydrogen-bond donors (Lipinski definition) is 2. The SMILES string of the molecule is Cc1ccc([N+](=O)[O-])cc1-c1noc(C(O)CN)n1. The lowest BCUT2D eigenvalue weighted by Gasteiger charge is -2.00. The first kappa shape index (κ1) is 13.1. The van der Waals surface area contributed by atoms with Gasteiger partial charge in [-0.1, -0.05) is 11.2 Å². The molecule has 1 unspecified atom stereocenters. The summed E-state index contributed by atoms with van der Waals surface area (Å²) in [5.41, 5.74) is 6.46. The molecule has 2 rings (SSSR count). The lowest BCUT2D eigenvalue weighted by Crippen LogP contribution is -2.11. The van der Waals surface area contributed by atoms with E-state index in [9.17, 15) is 15.2 Å². The topological polar surface area (TPSA) is 128 Å². The normalized spacial score (nSPS) is 12.4. The molecular weight excluding hydrogens is 252 g/mol. The summed E-state index contributed by atoms with van der Waals surface area (Å²) in [6.45, 7) is 1.73. The molecule has 0 bridgehead atoms. The van der Waals surface area contributed by atoms with E-state index < -0.39 is 11.0 Å². The fourth-order valence-corrected chi connectivity index (χ4v) is 1.55. The molecule has 1 aromatic carbocycles. The number of aryl methyl sites for hydroxylation is 1. The van der Waals surface area contributed by atoms with Gasteiger partial charge in [0, 0.05) is 24.2 Å². The monoisotopic (exact) mass is 264 g/mol. The molecule has 0 saturated heterocycles. The zero-order chi connectivity index (χ0) is 14.0. The van der Waals surface area contributed by atoms with Crippen molar-refractivity contribution in [3.63, 3.8) is 0 Å². The summed E-state index contributed by atoms with van der Waals surface area (Å²) in [5.74, 6) is 0.173. The first-order valence-electron chi connectivity index (χ1n) is 5.50. The van der Waals surface area contributed by atoms with Crippen molar-refractivity contribution >= 4 is 5.69 Å². The van der Waals surface area contributed by atoms with E-state index in [1.54, 1.807) is 13.0 Å². The first-order chi connectivity index (χ1) is 9.02. The minimum absolute atomic E-state index is 0.0107. The van der Waals surface area contributed by atoms with Crippen molar-refractivity contribution < 1.29 is 14.6 Å². The minimum Gasteiger partial charge on any atom is -0.382 e. The number of non-ortho nitro benzene ring substituents is 1. The Morgan fingerprint density at radius 1 is 1.58 bits per heavy atom. The predicted octanol–water partition coefficient (Wildman–Crippen LogP) is 0.945. The van der Waals surface area contributed by atoms with Gasteiger partial charge in [0.05, 0.1) is 4.92 Å². The van der Waals surface area contributed by atoms with Gasteiger partial charge >= 0.3 is 0 Å². The Kier molecular flexibility index (Phi) is 3.54. The fourth-order valence-electron chi connectivity index (χ4n) is 1.55. The van der Waals surface area contributed by atoms with E-state index in [0.717, 1.165) is 5.56 Å². The second kappa shape index (κ2) is 5.12. The molecule has 0 fully saturated rings. The van der Waals surface area contributed by atoms with Gasteiger partial charge < -0.3 is 15.4 Å². The van der Waals surface area contributed by atoms with E-state index in [2.05, 4.69) is 10.1 Å². The zero-order valence-corrected chi connectivity index (χ0v) is 10.1. The van der Waals surface area contributed by atoms with Gasteiger partial charge in [0.25, 0.3) is 11.6 Å². The minimum atomic E-state index is -1.04. The lowest BCUT2D eigenvalue weighted by molar-refractivity contribution is -0.384. The molecular formula is C11H12N4O4. The summed E-state index contributed by atoms with van der Waals surface area (Å²) in [4.78, 5) is 14.2. The molecule has 2 aromatic rings.